The predicted octanol–water partition coefficient (Wildman–Crippen LogP) is 2.90. The first-order valence-electron chi connectivity index (χ1n) is 5.40. The third-order valence-electron chi connectivity index (χ3n) is 3.16. The number of pyridine rings is 1. The molecule has 0 saturated heterocycles. The van der Waals surface area contributed by atoms with Crippen molar-refractivity contribution >= 4 is 21.9 Å². The van der Waals surface area contributed by atoms with Crippen LogP contribution in [0.25, 0.3) is 0 Å². The topological polar surface area (TPSA) is 39.2 Å². The third kappa shape index (κ3) is 2.26. The first-order chi connectivity index (χ1) is 7.72. The van der Waals surface area contributed by atoms with E-state index < -0.39 is 0 Å². The van der Waals surface area contributed by atoms with Crippen molar-refractivity contribution in [1.29, 1.82) is 0 Å². The lowest BCUT2D eigenvalue weighted by atomic mass is 9.73. The Balaban J connectivity index is 2.27. The highest BCUT2D eigenvalue weighted by molar-refractivity contribution is 9.10. The molecule has 1 aromatic rings. The van der Waals surface area contributed by atoms with E-state index in [4.69, 9.17) is 4.74 Å². The van der Waals surface area contributed by atoms with Gasteiger partial charge in [-0.15, -0.1) is 0 Å². The molecule has 1 aliphatic rings. The molecular weight excluding hydrogens is 270 g/mol. The van der Waals surface area contributed by atoms with Gasteiger partial charge in [-0.05, 0) is 46.3 Å². The minimum Gasteiger partial charge on any atom is -0.469 e. The molecule has 1 fully saturated rings. The number of carbonyl (C=O) groups excluding carboxylic acids is 1. The summed E-state index contributed by atoms with van der Waals surface area (Å²) in [5.41, 5.74) is 0.950. The summed E-state index contributed by atoms with van der Waals surface area (Å²) in [6.07, 6.45) is 6.89. The monoisotopic (exact) mass is 283 g/mol. The summed E-state index contributed by atoms with van der Waals surface area (Å²) in [6, 6.07) is 1.95. The summed E-state index contributed by atoms with van der Waals surface area (Å²) in [5.74, 6) is 0.122. The Morgan fingerprint density at radius 3 is 2.81 bits per heavy atom. The molecule has 16 heavy (non-hydrogen) atoms. The van der Waals surface area contributed by atoms with Gasteiger partial charge in [0.25, 0.3) is 0 Å². The van der Waals surface area contributed by atoms with E-state index in [9.17, 15) is 4.79 Å². The van der Waals surface area contributed by atoms with Crippen molar-refractivity contribution in [2.24, 2.45) is 5.92 Å². The minimum absolute atomic E-state index is 0.149. The summed E-state index contributed by atoms with van der Waals surface area (Å²) in [4.78, 5) is 15.9. The quantitative estimate of drug-likeness (QED) is 0.801. The molecule has 1 heterocycles. The van der Waals surface area contributed by atoms with E-state index >= 15 is 0 Å². The Morgan fingerprint density at radius 1 is 1.56 bits per heavy atom. The molecule has 1 aliphatic carbocycles. The molecule has 0 aromatic carbocycles. The number of methoxy groups -OCH3 is 1. The average molecular weight is 284 g/mol. The number of rotatable bonds is 3. The molecule has 1 saturated carbocycles. The minimum atomic E-state index is -0.149. The predicted molar refractivity (Wildman–Crippen MR) is 64.0 cm³/mol. The van der Waals surface area contributed by atoms with Gasteiger partial charge in [-0.2, -0.15) is 0 Å². The standard InChI is InChI=1S/C12H14BrNO2/c1-16-12(15)11(8-3-2-4-8)9-5-10(13)7-14-6-9/h5-8,11H,2-4H2,1H3. The second kappa shape index (κ2) is 4.95. The van der Waals surface area contributed by atoms with E-state index in [1.165, 1.54) is 13.5 Å². The normalized spacial score (nSPS) is 17.6. The van der Waals surface area contributed by atoms with Crippen molar-refractivity contribution in [2.75, 3.05) is 7.11 Å². The van der Waals surface area contributed by atoms with Gasteiger partial charge in [-0.3, -0.25) is 9.78 Å². The molecule has 0 aliphatic heterocycles. The number of nitrogens with zero attached hydrogens (tertiary/aromatic N) is 1. The van der Waals surface area contributed by atoms with E-state index in [1.807, 2.05) is 6.07 Å². The molecular formula is C12H14BrNO2. The van der Waals surface area contributed by atoms with Crippen LogP contribution >= 0.6 is 15.9 Å². The summed E-state index contributed by atoms with van der Waals surface area (Å²) in [6.45, 7) is 0. The average Bonchev–Trinajstić information content (AvgIpc) is 2.22. The number of esters is 1. The Morgan fingerprint density at radius 2 is 2.31 bits per heavy atom. The van der Waals surface area contributed by atoms with Gasteiger partial charge in [-0.25, -0.2) is 0 Å². The number of hydrogen-bond donors (Lipinski definition) is 0. The lowest BCUT2D eigenvalue weighted by molar-refractivity contribution is -0.144. The Hall–Kier alpha value is -0.900. The number of aromatic nitrogens is 1. The van der Waals surface area contributed by atoms with Gasteiger partial charge < -0.3 is 4.74 Å². The van der Waals surface area contributed by atoms with Gasteiger partial charge in [0.1, 0.15) is 0 Å². The van der Waals surface area contributed by atoms with E-state index in [2.05, 4.69) is 20.9 Å². The van der Waals surface area contributed by atoms with Crippen molar-refractivity contribution in [2.45, 2.75) is 25.2 Å². The van der Waals surface area contributed by atoms with Crippen LogP contribution in [0.3, 0.4) is 0 Å². The second-order valence-corrected chi connectivity index (χ2v) is 5.04. The highest BCUT2D eigenvalue weighted by Crippen LogP contribution is 2.40. The zero-order valence-electron chi connectivity index (χ0n) is 9.15. The highest BCUT2D eigenvalue weighted by atomic mass is 79.9. The van der Waals surface area contributed by atoms with Gasteiger partial charge >= 0.3 is 5.97 Å². The summed E-state index contributed by atoms with van der Waals surface area (Å²) in [7, 11) is 1.44. The van der Waals surface area contributed by atoms with E-state index in [-0.39, 0.29) is 11.9 Å². The third-order valence-corrected chi connectivity index (χ3v) is 3.60. The van der Waals surface area contributed by atoms with Crippen LogP contribution in [0.1, 0.15) is 30.7 Å². The van der Waals surface area contributed by atoms with E-state index in [1.54, 1.807) is 12.4 Å². The number of ether oxygens (including phenoxy) is 1. The summed E-state index contributed by atoms with van der Waals surface area (Å²) in [5, 5.41) is 0. The molecule has 4 heteroatoms. The lowest BCUT2D eigenvalue weighted by Gasteiger charge is -2.32. The maximum absolute atomic E-state index is 11.8. The van der Waals surface area contributed by atoms with Crippen LogP contribution < -0.4 is 0 Å². The fourth-order valence-electron chi connectivity index (χ4n) is 2.10. The van der Waals surface area contributed by atoms with Crippen molar-refractivity contribution < 1.29 is 9.53 Å². The SMILES string of the molecule is COC(=O)C(c1cncc(Br)c1)C1CCC1. The molecule has 86 valence electrons. The summed E-state index contributed by atoms with van der Waals surface area (Å²) >= 11 is 3.38. The lowest BCUT2D eigenvalue weighted by Crippen LogP contribution is -2.28. The molecule has 0 N–H and O–H groups in total. The molecule has 3 nitrogen and oxygen atoms in total. The molecule has 2 rings (SSSR count). The van der Waals surface area contributed by atoms with Crippen LogP contribution in [-0.4, -0.2) is 18.1 Å². The van der Waals surface area contributed by atoms with Crippen LogP contribution in [0.2, 0.25) is 0 Å². The van der Waals surface area contributed by atoms with Crippen molar-refractivity contribution in [3.05, 3.63) is 28.5 Å². The molecule has 1 unspecified atom stereocenters. The maximum atomic E-state index is 11.8. The van der Waals surface area contributed by atoms with Gasteiger partial charge in [0.15, 0.2) is 0 Å². The Kier molecular flexibility index (Phi) is 3.59. The van der Waals surface area contributed by atoms with Crippen LogP contribution in [0.5, 0.6) is 0 Å². The van der Waals surface area contributed by atoms with E-state index in [0.717, 1.165) is 22.9 Å². The molecule has 1 atom stereocenters. The highest BCUT2D eigenvalue weighted by Gasteiger charge is 2.34. The zero-order valence-corrected chi connectivity index (χ0v) is 10.7. The van der Waals surface area contributed by atoms with Crippen LogP contribution in [0.4, 0.5) is 0 Å². The first-order valence-corrected chi connectivity index (χ1v) is 6.20. The number of hydrogen-bond acceptors (Lipinski definition) is 3. The number of carbonyl (C=O) groups is 1. The molecule has 1 aromatic heterocycles. The molecule has 0 spiro atoms. The van der Waals surface area contributed by atoms with E-state index in [0.29, 0.717) is 5.92 Å². The summed E-state index contributed by atoms with van der Waals surface area (Å²) < 4.78 is 5.78. The second-order valence-electron chi connectivity index (χ2n) is 4.13. The zero-order chi connectivity index (χ0) is 11.5. The molecule has 0 radical (unpaired) electrons. The Labute approximate surface area is 103 Å². The fourth-order valence-corrected chi connectivity index (χ4v) is 2.48. The molecule has 0 amide bonds. The smallest absolute Gasteiger partial charge is 0.313 e. The van der Waals surface area contributed by atoms with Crippen LogP contribution in [0.15, 0.2) is 22.9 Å². The largest absolute Gasteiger partial charge is 0.469 e. The van der Waals surface area contributed by atoms with Crippen molar-refractivity contribution in [3.8, 4) is 0 Å². The van der Waals surface area contributed by atoms with Gasteiger partial charge in [0, 0.05) is 16.9 Å². The van der Waals surface area contributed by atoms with Crippen LogP contribution in [0, 0.1) is 5.92 Å². The van der Waals surface area contributed by atoms with Crippen molar-refractivity contribution in [3.63, 3.8) is 0 Å². The first kappa shape index (κ1) is 11.6. The van der Waals surface area contributed by atoms with Crippen LogP contribution in [-0.2, 0) is 9.53 Å². The molecule has 0 bridgehead atoms. The fraction of sp³-hybridized carbons (Fsp3) is 0.500. The van der Waals surface area contributed by atoms with Gasteiger partial charge in [-0.1, -0.05) is 6.42 Å². The number of halogens is 1. The maximum Gasteiger partial charge on any atom is 0.313 e. The Bertz CT molecular complexity index is 390. The van der Waals surface area contributed by atoms with Gasteiger partial charge in [0.2, 0.25) is 0 Å². The van der Waals surface area contributed by atoms with Crippen molar-refractivity contribution in [1.82, 2.24) is 4.98 Å². The van der Waals surface area contributed by atoms with Gasteiger partial charge in [0.05, 0.1) is 13.0 Å².